The van der Waals surface area contributed by atoms with Crippen LogP contribution in [0.15, 0.2) is 41.6 Å². The molecule has 6 heteroatoms. The summed E-state index contributed by atoms with van der Waals surface area (Å²) in [6.07, 6.45) is 0. The fraction of sp³-hybridized carbons (Fsp3) is 0.300. The molecule has 0 aliphatic heterocycles. The average molecular weight is 356 g/mol. The van der Waals surface area contributed by atoms with Gasteiger partial charge in [-0.25, -0.2) is 0 Å². The third-order valence-corrected chi connectivity index (χ3v) is 4.07. The van der Waals surface area contributed by atoms with Crippen LogP contribution in [0.1, 0.15) is 23.6 Å². The molecule has 0 bridgehead atoms. The number of ether oxygens (including phenoxy) is 2. The van der Waals surface area contributed by atoms with Crippen molar-refractivity contribution >= 4 is 17.3 Å². The number of nitrogens with zero attached hydrogens (tertiary/aromatic N) is 1. The Bertz CT molecular complexity index is 815. The summed E-state index contributed by atoms with van der Waals surface area (Å²) in [6.45, 7) is 5.57. The maximum Gasteiger partial charge on any atom is 0.265 e. The van der Waals surface area contributed by atoms with Gasteiger partial charge in [0.1, 0.15) is 11.5 Å². The van der Waals surface area contributed by atoms with Gasteiger partial charge in [-0.2, -0.15) is 0 Å². The number of hydrogen-bond donors (Lipinski definition) is 1. The second-order valence-corrected chi connectivity index (χ2v) is 5.81. The number of carbonyl (C=O) groups is 1. The van der Waals surface area contributed by atoms with Gasteiger partial charge in [0, 0.05) is 17.3 Å². The Labute approximate surface area is 153 Å². The highest BCUT2D eigenvalue weighted by Gasteiger charge is 2.10. The van der Waals surface area contributed by atoms with E-state index < -0.39 is 0 Å². The zero-order chi connectivity index (χ0) is 19.1. The molecule has 0 spiro atoms. The molecule has 0 fully saturated rings. The first-order valence-corrected chi connectivity index (χ1v) is 8.21. The minimum Gasteiger partial charge on any atom is -0.497 e. The van der Waals surface area contributed by atoms with Gasteiger partial charge in [-0.15, -0.1) is 0 Å². The number of methoxy groups -OCH3 is 2. The number of nitrogens with one attached hydrogen (secondary N) is 1. The second kappa shape index (κ2) is 8.89. The second-order valence-electron chi connectivity index (χ2n) is 5.81. The van der Waals surface area contributed by atoms with Crippen molar-refractivity contribution in [1.82, 2.24) is 0 Å². The normalized spacial score (nSPS) is 11.0. The summed E-state index contributed by atoms with van der Waals surface area (Å²) in [7, 11) is 3.16. The standard InChI is InChI=1S/C20H24N2O4/c1-13-7-6-8-18(14(13)2)21-20(23)12-26-22-15(3)17-10-9-16(24-4)11-19(17)25-5/h6-11H,12H2,1-5H3,(H,21,23). The van der Waals surface area contributed by atoms with Crippen LogP contribution in [0.4, 0.5) is 5.69 Å². The fourth-order valence-electron chi connectivity index (χ4n) is 2.41. The Morgan fingerprint density at radius 1 is 1.12 bits per heavy atom. The molecule has 0 aliphatic rings. The molecule has 0 heterocycles. The molecule has 1 amide bonds. The highest BCUT2D eigenvalue weighted by atomic mass is 16.6. The minimum absolute atomic E-state index is 0.177. The largest absolute Gasteiger partial charge is 0.497 e. The molecule has 0 aromatic heterocycles. The highest BCUT2D eigenvalue weighted by molar-refractivity contribution is 6.01. The summed E-state index contributed by atoms with van der Waals surface area (Å²) in [5.41, 5.74) is 4.29. The van der Waals surface area contributed by atoms with E-state index >= 15 is 0 Å². The topological polar surface area (TPSA) is 69.2 Å². The predicted molar refractivity (Wildman–Crippen MR) is 102 cm³/mol. The Morgan fingerprint density at radius 2 is 1.88 bits per heavy atom. The molecule has 0 radical (unpaired) electrons. The minimum atomic E-state index is -0.267. The molecule has 0 aliphatic carbocycles. The smallest absolute Gasteiger partial charge is 0.265 e. The van der Waals surface area contributed by atoms with Crippen LogP contribution in [0.2, 0.25) is 0 Å². The van der Waals surface area contributed by atoms with Crippen LogP contribution in [-0.4, -0.2) is 32.4 Å². The van der Waals surface area contributed by atoms with Crippen molar-refractivity contribution in [1.29, 1.82) is 0 Å². The first-order valence-electron chi connectivity index (χ1n) is 8.21. The van der Waals surface area contributed by atoms with E-state index in [2.05, 4.69) is 10.5 Å². The van der Waals surface area contributed by atoms with Gasteiger partial charge in [0.05, 0.1) is 19.9 Å². The zero-order valence-corrected chi connectivity index (χ0v) is 15.8. The summed E-state index contributed by atoms with van der Waals surface area (Å²) in [5.74, 6) is 1.04. The van der Waals surface area contributed by atoms with E-state index in [4.69, 9.17) is 14.3 Å². The number of carbonyl (C=O) groups excluding carboxylic acids is 1. The summed E-state index contributed by atoms with van der Waals surface area (Å²) in [4.78, 5) is 17.3. The average Bonchev–Trinajstić information content (AvgIpc) is 2.64. The number of aryl methyl sites for hydroxylation is 1. The summed E-state index contributed by atoms with van der Waals surface area (Å²) >= 11 is 0. The number of anilines is 1. The monoisotopic (exact) mass is 356 g/mol. The van der Waals surface area contributed by atoms with Crippen LogP contribution in [-0.2, 0) is 9.63 Å². The lowest BCUT2D eigenvalue weighted by molar-refractivity contribution is -0.120. The first kappa shape index (κ1) is 19.3. The first-order chi connectivity index (χ1) is 12.5. The summed E-state index contributed by atoms with van der Waals surface area (Å²) in [6, 6.07) is 11.2. The lowest BCUT2D eigenvalue weighted by Crippen LogP contribution is -2.18. The van der Waals surface area contributed by atoms with E-state index in [-0.39, 0.29) is 12.5 Å². The molecule has 138 valence electrons. The van der Waals surface area contributed by atoms with Gasteiger partial charge in [-0.1, -0.05) is 17.3 Å². The molecule has 0 saturated carbocycles. The molecular weight excluding hydrogens is 332 g/mol. The van der Waals surface area contributed by atoms with Crippen molar-refractivity contribution in [2.75, 3.05) is 26.1 Å². The van der Waals surface area contributed by atoms with Gasteiger partial charge < -0.3 is 19.6 Å². The molecule has 0 saturated heterocycles. The Hall–Kier alpha value is -3.02. The zero-order valence-electron chi connectivity index (χ0n) is 15.8. The lowest BCUT2D eigenvalue weighted by Gasteiger charge is -2.11. The third-order valence-electron chi connectivity index (χ3n) is 4.07. The molecular formula is C20H24N2O4. The summed E-state index contributed by atoms with van der Waals surface area (Å²) in [5, 5.41) is 6.84. The van der Waals surface area contributed by atoms with Gasteiger partial charge in [-0.3, -0.25) is 4.79 Å². The maximum absolute atomic E-state index is 12.1. The quantitative estimate of drug-likeness (QED) is 0.607. The number of amides is 1. The van der Waals surface area contributed by atoms with Crippen LogP contribution in [0.3, 0.4) is 0 Å². The van der Waals surface area contributed by atoms with E-state index in [0.717, 1.165) is 22.4 Å². The molecule has 0 unspecified atom stereocenters. The van der Waals surface area contributed by atoms with Gasteiger partial charge >= 0.3 is 0 Å². The van der Waals surface area contributed by atoms with Crippen LogP contribution < -0.4 is 14.8 Å². The summed E-state index contributed by atoms with van der Waals surface area (Å²) < 4.78 is 10.5. The van der Waals surface area contributed by atoms with E-state index in [0.29, 0.717) is 17.2 Å². The van der Waals surface area contributed by atoms with Crippen LogP contribution in [0.5, 0.6) is 11.5 Å². The van der Waals surface area contributed by atoms with Crippen molar-refractivity contribution in [3.8, 4) is 11.5 Å². The number of oxime groups is 1. The number of rotatable bonds is 7. The van der Waals surface area contributed by atoms with Crippen molar-refractivity contribution in [2.45, 2.75) is 20.8 Å². The predicted octanol–water partition coefficient (Wildman–Crippen LogP) is 3.70. The van der Waals surface area contributed by atoms with Crippen molar-refractivity contribution in [3.63, 3.8) is 0 Å². The molecule has 1 N–H and O–H groups in total. The van der Waals surface area contributed by atoms with Gasteiger partial charge in [-0.05, 0) is 50.1 Å². The van der Waals surface area contributed by atoms with Crippen molar-refractivity contribution in [2.24, 2.45) is 5.16 Å². The molecule has 0 atom stereocenters. The van der Waals surface area contributed by atoms with Gasteiger partial charge in [0.2, 0.25) is 0 Å². The fourth-order valence-corrected chi connectivity index (χ4v) is 2.41. The van der Waals surface area contributed by atoms with Crippen LogP contribution >= 0.6 is 0 Å². The van der Waals surface area contributed by atoms with Crippen molar-refractivity contribution < 1.29 is 19.1 Å². The van der Waals surface area contributed by atoms with E-state index in [1.54, 1.807) is 27.2 Å². The SMILES string of the molecule is COc1ccc(C(C)=NOCC(=O)Nc2cccc(C)c2C)c(OC)c1. The Kier molecular flexibility index (Phi) is 6.60. The van der Waals surface area contributed by atoms with Crippen LogP contribution in [0, 0.1) is 13.8 Å². The van der Waals surface area contributed by atoms with E-state index in [1.165, 1.54) is 0 Å². The van der Waals surface area contributed by atoms with Crippen LogP contribution in [0.25, 0.3) is 0 Å². The molecule has 2 aromatic rings. The molecule has 6 nitrogen and oxygen atoms in total. The molecule has 26 heavy (non-hydrogen) atoms. The third kappa shape index (κ3) is 4.75. The van der Waals surface area contributed by atoms with E-state index in [9.17, 15) is 4.79 Å². The maximum atomic E-state index is 12.1. The Balaban J connectivity index is 1.99. The van der Waals surface area contributed by atoms with Gasteiger partial charge in [0.15, 0.2) is 6.61 Å². The number of benzene rings is 2. The number of hydrogen-bond acceptors (Lipinski definition) is 5. The lowest BCUT2D eigenvalue weighted by atomic mass is 10.1. The molecule has 2 aromatic carbocycles. The Morgan fingerprint density at radius 3 is 2.58 bits per heavy atom. The highest BCUT2D eigenvalue weighted by Crippen LogP contribution is 2.25. The van der Waals surface area contributed by atoms with Gasteiger partial charge in [0.25, 0.3) is 5.91 Å². The van der Waals surface area contributed by atoms with Crippen molar-refractivity contribution in [3.05, 3.63) is 53.1 Å². The van der Waals surface area contributed by atoms with E-state index in [1.807, 2.05) is 44.2 Å². The molecule has 2 rings (SSSR count).